The molecule has 1 saturated carbocycles. The van der Waals surface area contributed by atoms with Crippen LogP contribution in [0.3, 0.4) is 0 Å². The van der Waals surface area contributed by atoms with Crippen molar-refractivity contribution in [2.45, 2.75) is 38.8 Å². The number of furan rings is 1. The molecule has 4 nitrogen and oxygen atoms in total. The van der Waals surface area contributed by atoms with E-state index in [0.29, 0.717) is 6.54 Å². The molecule has 1 N–H and O–H groups in total. The summed E-state index contributed by atoms with van der Waals surface area (Å²) in [6.07, 6.45) is 2.01. The molecule has 4 heteroatoms. The van der Waals surface area contributed by atoms with Crippen molar-refractivity contribution in [1.29, 1.82) is 0 Å². The molecule has 1 heterocycles. The predicted octanol–water partition coefficient (Wildman–Crippen LogP) is 2.27. The van der Waals surface area contributed by atoms with E-state index in [-0.39, 0.29) is 5.92 Å². The highest BCUT2D eigenvalue weighted by Gasteiger charge is 2.50. The lowest BCUT2D eigenvalue weighted by atomic mass is 9.94. The number of rotatable bonds is 5. The molecule has 1 fully saturated rings. The zero-order chi connectivity index (χ0) is 12.6. The summed E-state index contributed by atoms with van der Waals surface area (Å²) in [5.41, 5.74) is -0.777. The number of aryl methyl sites for hydroxylation is 1. The Hall–Kier alpha value is -1.29. The minimum absolute atomic E-state index is 0.265. The van der Waals surface area contributed by atoms with E-state index in [2.05, 4.69) is 0 Å². The van der Waals surface area contributed by atoms with Gasteiger partial charge in [0.2, 0.25) is 0 Å². The van der Waals surface area contributed by atoms with Gasteiger partial charge in [-0.1, -0.05) is 0 Å². The van der Waals surface area contributed by atoms with Crippen LogP contribution in [0, 0.1) is 12.8 Å². The third-order valence-corrected chi connectivity index (χ3v) is 3.79. The number of carboxylic acids is 1. The van der Waals surface area contributed by atoms with Gasteiger partial charge >= 0.3 is 5.97 Å². The Bertz CT molecular complexity index is 422. The Morgan fingerprint density at radius 2 is 2.24 bits per heavy atom. The van der Waals surface area contributed by atoms with E-state index >= 15 is 0 Å². The van der Waals surface area contributed by atoms with Gasteiger partial charge in [-0.15, -0.1) is 0 Å². The smallest absolute Gasteiger partial charge is 0.324 e. The highest BCUT2D eigenvalue weighted by Crippen LogP contribution is 2.43. The van der Waals surface area contributed by atoms with E-state index in [9.17, 15) is 9.90 Å². The van der Waals surface area contributed by atoms with Gasteiger partial charge in [-0.25, -0.2) is 0 Å². The van der Waals surface area contributed by atoms with Gasteiger partial charge in [-0.05, 0) is 51.8 Å². The van der Waals surface area contributed by atoms with Gasteiger partial charge in [0.05, 0.1) is 6.54 Å². The van der Waals surface area contributed by atoms with Gasteiger partial charge in [0, 0.05) is 0 Å². The third kappa shape index (κ3) is 2.22. The number of carboxylic acid groups (broad SMARTS) is 1. The molecule has 0 aromatic carbocycles. The normalized spacial score (nSPS) is 19.3. The summed E-state index contributed by atoms with van der Waals surface area (Å²) in [6, 6.07) is 3.80. The van der Waals surface area contributed by atoms with Gasteiger partial charge in [-0.2, -0.15) is 0 Å². The summed E-state index contributed by atoms with van der Waals surface area (Å²) in [6.45, 7) is 4.23. The molecule has 1 atom stereocenters. The lowest BCUT2D eigenvalue weighted by Gasteiger charge is -2.34. The van der Waals surface area contributed by atoms with Crippen LogP contribution >= 0.6 is 0 Å². The molecule has 0 bridgehead atoms. The fraction of sp³-hybridized carbons (Fsp3) is 0.615. The van der Waals surface area contributed by atoms with Crippen LogP contribution in [0.2, 0.25) is 0 Å². The van der Waals surface area contributed by atoms with Crippen molar-refractivity contribution in [3.63, 3.8) is 0 Å². The molecule has 0 saturated heterocycles. The summed E-state index contributed by atoms with van der Waals surface area (Å²) in [5.74, 6) is 1.20. The van der Waals surface area contributed by atoms with Crippen molar-refractivity contribution in [2.24, 2.45) is 5.92 Å². The average Bonchev–Trinajstić information content (AvgIpc) is 3.02. The molecule has 1 aliphatic carbocycles. The molecule has 1 unspecified atom stereocenters. The molecule has 94 valence electrons. The molecule has 0 amide bonds. The summed E-state index contributed by atoms with van der Waals surface area (Å²) in [7, 11) is 1.85. The molecule has 0 spiro atoms. The van der Waals surface area contributed by atoms with E-state index in [1.54, 1.807) is 0 Å². The van der Waals surface area contributed by atoms with Crippen LogP contribution in [0.15, 0.2) is 16.5 Å². The fourth-order valence-corrected chi connectivity index (χ4v) is 2.26. The van der Waals surface area contributed by atoms with E-state index in [1.807, 2.05) is 37.9 Å². The maximum Gasteiger partial charge on any atom is 0.324 e. The van der Waals surface area contributed by atoms with E-state index in [0.717, 1.165) is 24.4 Å². The molecule has 2 rings (SSSR count). The maximum absolute atomic E-state index is 11.5. The number of hydrogen-bond donors (Lipinski definition) is 1. The molecule has 17 heavy (non-hydrogen) atoms. The molecule has 1 aromatic rings. The molecule has 0 aliphatic heterocycles. The highest BCUT2D eigenvalue weighted by molar-refractivity contribution is 5.79. The average molecular weight is 237 g/mol. The maximum atomic E-state index is 11.5. The Morgan fingerprint density at radius 3 is 2.65 bits per heavy atom. The fourth-order valence-electron chi connectivity index (χ4n) is 2.26. The lowest BCUT2D eigenvalue weighted by Crippen LogP contribution is -2.51. The second kappa shape index (κ2) is 4.18. The van der Waals surface area contributed by atoms with E-state index in [4.69, 9.17) is 4.42 Å². The minimum Gasteiger partial charge on any atom is -0.480 e. The SMILES string of the molecule is Cc1ccc(CN(C)C(C)(C(=O)O)C2CC2)o1. The van der Waals surface area contributed by atoms with Crippen molar-refractivity contribution in [3.05, 3.63) is 23.7 Å². The zero-order valence-electron chi connectivity index (χ0n) is 10.6. The van der Waals surface area contributed by atoms with Crippen molar-refractivity contribution in [1.82, 2.24) is 4.90 Å². The first-order valence-corrected chi connectivity index (χ1v) is 5.94. The number of nitrogens with zero attached hydrogens (tertiary/aromatic N) is 1. The number of aliphatic carboxylic acids is 1. The summed E-state index contributed by atoms with van der Waals surface area (Å²) in [5, 5.41) is 9.42. The second-order valence-corrected chi connectivity index (χ2v) is 5.10. The van der Waals surface area contributed by atoms with E-state index in [1.165, 1.54) is 0 Å². The second-order valence-electron chi connectivity index (χ2n) is 5.10. The van der Waals surface area contributed by atoms with Crippen LogP contribution in [-0.4, -0.2) is 28.6 Å². The van der Waals surface area contributed by atoms with Gasteiger partial charge < -0.3 is 9.52 Å². The summed E-state index contributed by atoms with van der Waals surface area (Å²) in [4.78, 5) is 13.3. The van der Waals surface area contributed by atoms with Crippen LogP contribution in [-0.2, 0) is 11.3 Å². The van der Waals surface area contributed by atoms with Gasteiger partial charge in [0.1, 0.15) is 17.1 Å². The number of carbonyl (C=O) groups is 1. The van der Waals surface area contributed by atoms with Crippen LogP contribution in [0.1, 0.15) is 31.3 Å². The Morgan fingerprint density at radius 1 is 1.59 bits per heavy atom. The van der Waals surface area contributed by atoms with Crippen molar-refractivity contribution < 1.29 is 14.3 Å². The van der Waals surface area contributed by atoms with Crippen LogP contribution in [0.25, 0.3) is 0 Å². The van der Waals surface area contributed by atoms with Gasteiger partial charge in [-0.3, -0.25) is 9.69 Å². The molecule has 1 aromatic heterocycles. The highest BCUT2D eigenvalue weighted by atomic mass is 16.4. The first-order valence-electron chi connectivity index (χ1n) is 5.94. The van der Waals surface area contributed by atoms with Gasteiger partial charge in [0.25, 0.3) is 0 Å². The zero-order valence-corrected chi connectivity index (χ0v) is 10.6. The molecule has 1 aliphatic rings. The predicted molar refractivity (Wildman–Crippen MR) is 63.7 cm³/mol. The van der Waals surface area contributed by atoms with Crippen molar-refractivity contribution in [2.75, 3.05) is 7.05 Å². The van der Waals surface area contributed by atoms with Crippen molar-refractivity contribution in [3.8, 4) is 0 Å². The quantitative estimate of drug-likeness (QED) is 0.853. The number of likely N-dealkylation sites (N-methyl/N-ethyl adjacent to an activating group) is 1. The molecular formula is C13H19NO3. The van der Waals surface area contributed by atoms with E-state index < -0.39 is 11.5 Å². The summed E-state index contributed by atoms with van der Waals surface area (Å²) >= 11 is 0. The van der Waals surface area contributed by atoms with Crippen molar-refractivity contribution >= 4 is 5.97 Å². The van der Waals surface area contributed by atoms with Gasteiger partial charge in [0.15, 0.2) is 0 Å². The largest absolute Gasteiger partial charge is 0.480 e. The molecular weight excluding hydrogens is 218 g/mol. The first kappa shape index (κ1) is 12.2. The standard InChI is InChI=1S/C13H19NO3/c1-9-4-7-11(17-9)8-14(3)13(2,12(15)16)10-5-6-10/h4,7,10H,5-6,8H2,1-3H3,(H,15,16). The summed E-state index contributed by atoms with van der Waals surface area (Å²) < 4.78 is 5.49. The Balaban J connectivity index is 2.12. The monoisotopic (exact) mass is 237 g/mol. The van der Waals surface area contributed by atoms with Crippen LogP contribution < -0.4 is 0 Å². The topological polar surface area (TPSA) is 53.7 Å². The third-order valence-electron chi connectivity index (χ3n) is 3.79. The lowest BCUT2D eigenvalue weighted by molar-refractivity contribution is -0.151. The molecule has 0 radical (unpaired) electrons. The minimum atomic E-state index is -0.777. The van der Waals surface area contributed by atoms with Crippen LogP contribution in [0.5, 0.6) is 0 Å². The van der Waals surface area contributed by atoms with Crippen LogP contribution in [0.4, 0.5) is 0 Å². The Labute approximate surface area is 101 Å². The first-order chi connectivity index (χ1) is 7.94. The Kier molecular flexibility index (Phi) is 3.00. The number of hydrogen-bond acceptors (Lipinski definition) is 3.